The molecule has 0 spiro atoms. The first-order valence-electron chi connectivity index (χ1n) is 6.87. The summed E-state index contributed by atoms with van der Waals surface area (Å²) in [6.07, 6.45) is 6.75. The van der Waals surface area contributed by atoms with Crippen molar-refractivity contribution in [3.05, 3.63) is 0 Å². The van der Waals surface area contributed by atoms with Gasteiger partial charge in [0.25, 0.3) is 0 Å². The molecule has 0 aromatic heterocycles. The third kappa shape index (κ3) is 4.55. The lowest BCUT2D eigenvalue weighted by atomic mass is 9.89. The van der Waals surface area contributed by atoms with E-state index in [2.05, 4.69) is 27.7 Å². The van der Waals surface area contributed by atoms with Crippen LogP contribution in [0, 0.1) is 0 Å². The van der Waals surface area contributed by atoms with Gasteiger partial charge in [-0.1, -0.05) is 19.3 Å². The second-order valence-corrected chi connectivity index (χ2v) is 8.46. The first-order valence-corrected chi connectivity index (χ1v) is 8.92. The van der Waals surface area contributed by atoms with Crippen LogP contribution in [0.4, 0.5) is 0 Å². The molecule has 2 nitrogen and oxygen atoms in total. The van der Waals surface area contributed by atoms with E-state index in [9.17, 15) is 0 Å². The van der Waals surface area contributed by atoms with E-state index in [1.807, 2.05) is 0 Å². The summed E-state index contributed by atoms with van der Waals surface area (Å²) in [4.78, 5) is 0. The molecule has 0 N–H and O–H groups in total. The van der Waals surface area contributed by atoms with E-state index < -0.39 is 9.28 Å². The Hall–Kier alpha value is 0.427. The molecule has 0 amide bonds. The molecule has 1 rings (SSSR count). The zero-order valence-corrected chi connectivity index (χ0v) is 13.6. The van der Waals surface area contributed by atoms with Gasteiger partial charge in [0.2, 0.25) is 0 Å². The fourth-order valence-electron chi connectivity index (χ4n) is 2.50. The van der Waals surface area contributed by atoms with E-state index in [-0.39, 0.29) is 17.2 Å². The molecular formula is C13H27ClO2Si. The van der Waals surface area contributed by atoms with Gasteiger partial charge in [-0.25, -0.2) is 0 Å². The third-order valence-corrected chi connectivity index (χ3v) is 7.56. The summed E-state index contributed by atoms with van der Waals surface area (Å²) in [7, 11) is -1.70. The Morgan fingerprint density at radius 1 is 1.00 bits per heavy atom. The van der Waals surface area contributed by atoms with Gasteiger partial charge in [-0.05, 0) is 40.5 Å². The average Bonchev–Trinajstić information content (AvgIpc) is 2.28. The molecule has 0 aromatic carbocycles. The summed E-state index contributed by atoms with van der Waals surface area (Å²) < 4.78 is 12.3. The number of alkyl halides is 1. The minimum atomic E-state index is -1.70. The van der Waals surface area contributed by atoms with Crippen LogP contribution in [0.2, 0.25) is 5.04 Å². The van der Waals surface area contributed by atoms with Gasteiger partial charge in [0, 0.05) is 23.1 Å². The molecule has 1 aliphatic carbocycles. The zero-order valence-electron chi connectivity index (χ0n) is 11.7. The van der Waals surface area contributed by atoms with Crippen molar-refractivity contribution in [2.24, 2.45) is 0 Å². The van der Waals surface area contributed by atoms with Crippen molar-refractivity contribution in [2.75, 3.05) is 5.88 Å². The summed E-state index contributed by atoms with van der Waals surface area (Å²) in [6.45, 7) is 8.37. The van der Waals surface area contributed by atoms with E-state index in [4.69, 9.17) is 20.5 Å². The molecule has 0 aromatic rings. The van der Waals surface area contributed by atoms with Crippen LogP contribution in [0.25, 0.3) is 0 Å². The normalized spacial score (nSPS) is 20.5. The van der Waals surface area contributed by atoms with Crippen LogP contribution in [0.5, 0.6) is 0 Å². The van der Waals surface area contributed by atoms with E-state index >= 15 is 0 Å². The molecule has 1 fully saturated rings. The summed E-state index contributed by atoms with van der Waals surface area (Å²) in [5.74, 6) is 0.698. The quantitative estimate of drug-likeness (QED) is 0.540. The molecule has 0 radical (unpaired) electrons. The molecular weight excluding hydrogens is 252 g/mol. The van der Waals surface area contributed by atoms with Crippen LogP contribution in [0.15, 0.2) is 0 Å². The number of halogens is 1. The number of hydrogen-bond acceptors (Lipinski definition) is 2. The lowest BCUT2D eigenvalue weighted by Crippen LogP contribution is -2.44. The van der Waals surface area contributed by atoms with Crippen LogP contribution in [-0.4, -0.2) is 27.4 Å². The van der Waals surface area contributed by atoms with Gasteiger partial charge >= 0.3 is 9.28 Å². The molecule has 0 atom stereocenters. The zero-order chi connectivity index (χ0) is 12.9. The van der Waals surface area contributed by atoms with Gasteiger partial charge in [-0.2, -0.15) is 0 Å². The van der Waals surface area contributed by atoms with Crippen molar-refractivity contribution in [3.63, 3.8) is 0 Å². The van der Waals surface area contributed by atoms with Crippen LogP contribution < -0.4 is 0 Å². The van der Waals surface area contributed by atoms with Crippen molar-refractivity contribution in [1.82, 2.24) is 0 Å². The highest BCUT2D eigenvalue weighted by Crippen LogP contribution is 2.47. The highest BCUT2D eigenvalue weighted by atomic mass is 35.5. The molecule has 17 heavy (non-hydrogen) atoms. The van der Waals surface area contributed by atoms with Gasteiger partial charge in [-0.3, -0.25) is 0 Å². The fraction of sp³-hybridized carbons (Fsp3) is 1.00. The monoisotopic (exact) mass is 278 g/mol. The van der Waals surface area contributed by atoms with E-state index in [0.29, 0.717) is 5.88 Å². The lowest BCUT2D eigenvalue weighted by Gasteiger charge is -2.41. The average molecular weight is 279 g/mol. The van der Waals surface area contributed by atoms with Gasteiger partial charge < -0.3 is 8.85 Å². The van der Waals surface area contributed by atoms with E-state index in [1.54, 1.807) is 0 Å². The molecule has 1 saturated carbocycles. The third-order valence-electron chi connectivity index (χ3n) is 3.41. The second kappa shape index (κ2) is 7.12. The number of rotatable bonds is 6. The second-order valence-electron chi connectivity index (χ2n) is 5.76. The number of hydrogen-bond donors (Lipinski definition) is 0. The smallest absolute Gasteiger partial charge is 0.329 e. The SMILES string of the molecule is CC(C)O[SiH](OC(C)C)C1(CCl)CCCCC1. The Kier molecular flexibility index (Phi) is 6.49. The minimum absolute atomic E-state index is 0.161. The minimum Gasteiger partial charge on any atom is -0.394 e. The molecule has 0 unspecified atom stereocenters. The topological polar surface area (TPSA) is 18.5 Å². The van der Waals surface area contributed by atoms with Crippen LogP contribution >= 0.6 is 11.6 Å². The molecule has 0 saturated heterocycles. The first kappa shape index (κ1) is 15.5. The van der Waals surface area contributed by atoms with Gasteiger partial charge in [-0.15, -0.1) is 11.6 Å². The van der Waals surface area contributed by atoms with Crippen molar-refractivity contribution in [2.45, 2.75) is 77.0 Å². The maximum absolute atomic E-state index is 6.27. The molecule has 0 heterocycles. The van der Waals surface area contributed by atoms with Crippen molar-refractivity contribution < 1.29 is 8.85 Å². The molecule has 4 heteroatoms. The van der Waals surface area contributed by atoms with Crippen LogP contribution in [0.1, 0.15) is 59.8 Å². The van der Waals surface area contributed by atoms with Crippen molar-refractivity contribution in [1.29, 1.82) is 0 Å². The molecule has 0 bridgehead atoms. The van der Waals surface area contributed by atoms with Crippen molar-refractivity contribution in [3.8, 4) is 0 Å². The van der Waals surface area contributed by atoms with Crippen LogP contribution in [-0.2, 0) is 8.85 Å². The Morgan fingerprint density at radius 2 is 1.47 bits per heavy atom. The first-order chi connectivity index (χ1) is 8.00. The Balaban J connectivity index is 2.75. The fourth-order valence-corrected chi connectivity index (χ4v) is 5.78. The highest BCUT2D eigenvalue weighted by Gasteiger charge is 2.44. The standard InChI is InChI=1S/C13H27ClO2Si/c1-11(2)15-17(16-12(3)4)13(10-14)8-6-5-7-9-13/h11-12,17H,5-10H2,1-4H3. The van der Waals surface area contributed by atoms with Gasteiger partial charge in [0.1, 0.15) is 0 Å². The molecule has 0 aliphatic heterocycles. The summed E-state index contributed by atoms with van der Waals surface area (Å²) in [6, 6.07) is 0. The van der Waals surface area contributed by atoms with Gasteiger partial charge in [0.15, 0.2) is 0 Å². The predicted molar refractivity (Wildman–Crippen MR) is 76.1 cm³/mol. The van der Waals surface area contributed by atoms with E-state index in [1.165, 1.54) is 32.1 Å². The maximum Gasteiger partial charge on any atom is 0.329 e. The maximum atomic E-state index is 6.27. The summed E-state index contributed by atoms with van der Waals surface area (Å²) in [5.41, 5.74) is 0. The van der Waals surface area contributed by atoms with Crippen molar-refractivity contribution >= 4 is 20.9 Å². The Labute approximate surface area is 113 Å². The Bertz CT molecular complexity index is 205. The molecule has 1 aliphatic rings. The predicted octanol–water partition coefficient (Wildman–Crippen LogP) is 4.00. The van der Waals surface area contributed by atoms with Crippen LogP contribution in [0.3, 0.4) is 0 Å². The van der Waals surface area contributed by atoms with Gasteiger partial charge in [0.05, 0.1) is 0 Å². The Morgan fingerprint density at radius 3 is 1.82 bits per heavy atom. The lowest BCUT2D eigenvalue weighted by molar-refractivity contribution is 0.104. The van der Waals surface area contributed by atoms with E-state index in [0.717, 1.165) is 0 Å². The molecule has 102 valence electrons. The highest BCUT2D eigenvalue weighted by molar-refractivity contribution is 6.50. The summed E-state index contributed by atoms with van der Waals surface area (Å²) >= 11 is 6.27. The largest absolute Gasteiger partial charge is 0.394 e. The summed E-state index contributed by atoms with van der Waals surface area (Å²) in [5, 5.41) is 0.161.